The monoisotopic (exact) mass is 259 g/mol. The van der Waals surface area contributed by atoms with E-state index < -0.39 is 0 Å². The van der Waals surface area contributed by atoms with Gasteiger partial charge in [0.1, 0.15) is 5.75 Å². The molecule has 0 unspecified atom stereocenters. The molecule has 1 fully saturated rings. The molecule has 0 amide bonds. The van der Waals surface area contributed by atoms with Gasteiger partial charge in [0.05, 0.1) is 6.10 Å². The van der Waals surface area contributed by atoms with Crippen LogP contribution in [0.15, 0.2) is 18.2 Å². The highest BCUT2D eigenvalue weighted by Gasteiger charge is 2.27. The largest absolute Gasteiger partial charge is 0.490 e. The molecule has 1 saturated carbocycles. The molecule has 3 rings (SSSR count). The molecule has 0 radical (unpaired) electrons. The SMILES string of the molecule is CC1(C)CCC(Oc2ccc3c(c2)CNCC3)CC1. The predicted octanol–water partition coefficient (Wildman–Crippen LogP) is 3.68. The molecule has 1 N–H and O–H groups in total. The van der Waals surface area contributed by atoms with Crippen LogP contribution in [0.5, 0.6) is 5.75 Å². The standard InChI is InChI=1S/C17H25NO/c1-17(2)8-5-15(6-9-17)19-16-4-3-13-7-10-18-12-14(13)11-16/h3-4,11,15,18H,5-10,12H2,1-2H3. The minimum absolute atomic E-state index is 0.419. The van der Waals surface area contributed by atoms with E-state index in [0.29, 0.717) is 11.5 Å². The van der Waals surface area contributed by atoms with E-state index in [0.717, 1.165) is 25.3 Å². The van der Waals surface area contributed by atoms with Crippen LogP contribution in [0.4, 0.5) is 0 Å². The van der Waals surface area contributed by atoms with Crippen molar-refractivity contribution in [2.45, 2.75) is 58.6 Å². The summed E-state index contributed by atoms with van der Waals surface area (Å²) in [4.78, 5) is 0. The lowest BCUT2D eigenvalue weighted by molar-refractivity contribution is 0.0986. The summed E-state index contributed by atoms with van der Waals surface area (Å²) < 4.78 is 6.19. The van der Waals surface area contributed by atoms with Crippen molar-refractivity contribution in [3.63, 3.8) is 0 Å². The molecular formula is C17H25NO. The average Bonchev–Trinajstić information content (AvgIpc) is 2.41. The minimum atomic E-state index is 0.419. The molecule has 19 heavy (non-hydrogen) atoms. The van der Waals surface area contributed by atoms with Crippen molar-refractivity contribution in [1.29, 1.82) is 0 Å². The second-order valence-corrected chi connectivity index (χ2v) is 6.84. The maximum absolute atomic E-state index is 6.19. The molecule has 0 bridgehead atoms. The molecule has 0 saturated heterocycles. The molecule has 1 aliphatic carbocycles. The van der Waals surface area contributed by atoms with Gasteiger partial charge in [-0.2, -0.15) is 0 Å². The highest BCUT2D eigenvalue weighted by Crippen LogP contribution is 2.36. The second-order valence-electron chi connectivity index (χ2n) is 6.84. The summed E-state index contributed by atoms with van der Waals surface area (Å²) in [6.07, 6.45) is 6.52. The Hall–Kier alpha value is -1.02. The van der Waals surface area contributed by atoms with Crippen molar-refractivity contribution < 1.29 is 4.74 Å². The Morgan fingerprint density at radius 3 is 2.74 bits per heavy atom. The molecule has 2 heteroatoms. The van der Waals surface area contributed by atoms with Gasteiger partial charge in [-0.15, -0.1) is 0 Å². The van der Waals surface area contributed by atoms with Crippen molar-refractivity contribution in [2.75, 3.05) is 6.54 Å². The van der Waals surface area contributed by atoms with Gasteiger partial charge in [-0.3, -0.25) is 0 Å². The van der Waals surface area contributed by atoms with E-state index in [-0.39, 0.29) is 0 Å². The van der Waals surface area contributed by atoms with Crippen LogP contribution < -0.4 is 10.1 Å². The third-order valence-electron chi connectivity index (χ3n) is 4.65. The van der Waals surface area contributed by atoms with E-state index in [1.54, 1.807) is 0 Å². The van der Waals surface area contributed by atoms with Crippen LogP contribution in [0.3, 0.4) is 0 Å². The molecule has 1 aromatic carbocycles. The highest BCUT2D eigenvalue weighted by atomic mass is 16.5. The van der Waals surface area contributed by atoms with Gasteiger partial charge in [0.15, 0.2) is 0 Å². The molecular weight excluding hydrogens is 234 g/mol. The minimum Gasteiger partial charge on any atom is -0.490 e. The van der Waals surface area contributed by atoms with Crippen LogP contribution in [0.1, 0.15) is 50.7 Å². The molecule has 1 aliphatic heterocycles. The van der Waals surface area contributed by atoms with Gasteiger partial charge in [-0.1, -0.05) is 19.9 Å². The first-order valence-corrected chi connectivity index (χ1v) is 7.62. The quantitative estimate of drug-likeness (QED) is 0.875. The lowest BCUT2D eigenvalue weighted by Gasteiger charge is -2.34. The summed E-state index contributed by atoms with van der Waals surface area (Å²) in [6, 6.07) is 6.64. The number of nitrogens with one attached hydrogen (secondary N) is 1. The van der Waals surface area contributed by atoms with Crippen LogP contribution in [0.2, 0.25) is 0 Å². The fraction of sp³-hybridized carbons (Fsp3) is 0.647. The number of benzene rings is 1. The molecule has 104 valence electrons. The van der Waals surface area contributed by atoms with Gasteiger partial charge in [0.2, 0.25) is 0 Å². The molecule has 1 heterocycles. The number of rotatable bonds is 2. The number of ether oxygens (including phenoxy) is 1. The van der Waals surface area contributed by atoms with Gasteiger partial charge in [0, 0.05) is 6.54 Å². The van der Waals surface area contributed by atoms with E-state index in [9.17, 15) is 0 Å². The zero-order valence-corrected chi connectivity index (χ0v) is 12.2. The molecule has 0 atom stereocenters. The lowest BCUT2D eigenvalue weighted by atomic mass is 9.76. The Morgan fingerprint density at radius 2 is 1.95 bits per heavy atom. The Kier molecular flexibility index (Phi) is 3.53. The smallest absolute Gasteiger partial charge is 0.120 e. The first kappa shape index (κ1) is 13.0. The van der Waals surface area contributed by atoms with Gasteiger partial charge < -0.3 is 10.1 Å². The van der Waals surface area contributed by atoms with E-state index in [1.165, 1.54) is 36.8 Å². The van der Waals surface area contributed by atoms with Crippen LogP contribution in [0.25, 0.3) is 0 Å². The molecule has 2 aliphatic rings. The first-order chi connectivity index (χ1) is 9.12. The Morgan fingerprint density at radius 1 is 1.16 bits per heavy atom. The zero-order chi connectivity index (χ0) is 13.3. The summed E-state index contributed by atoms with van der Waals surface area (Å²) in [5.74, 6) is 1.06. The fourth-order valence-electron chi connectivity index (χ4n) is 3.21. The summed E-state index contributed by atoms with van der Waals surface area (Å²) in [6.45, 7) is 6.83. The zero-order valence-electron chi connectivity index (χ0n) is 12.2. The maximum atomic E-state index is 6.19. The van der Waals surface area contributed by atoms with Crippen molar-refractivity contribution in [1.82, 2.24) is 5.32 Å². The van der Waals surface area contributed by atoms with Gasteiger partial charge >= 0.3 is 0 Å². The summed E-state index contributed by atoms with van der Waals surface area (Å²) in [7, 11) is 0. The Bertz CT molecular complexity index is 443. The van der Waals surface area contributed by atoms with Gasteiger partial charge in [-0.25, -0.2) is 0 Å². The van der Waals surface area contributed by atoms with Crippen LogP contribution >= 0.6 is 0 Å². The molecule has 2 nitrogen and oxygen atoms in total. The molecule has 0 spiro atoms. The summed E-state index contributed by atoms with van der Waals surface area (Å²) >= 11 is 0. The normalized spacial score (nSPS) is 22.8. The topological polar surface area (TPSA) is 21.3 Å². The predicted molar refractivity (Wildman–Crippen MR) is 78.5 cm³/mol. The highest BCUT2D eigenvalue weighted by molar-refractivity contribution is 5.37. The summed E-state index contributed by atoms with van der Waals surface area (Å²) in [5, 5.41) is 3.43. The van der Waals surface area contributed by atoms with E-state index in [2.05, 4.69) is 37.4 Å². The van der Waals surface area contributed by atoms with Crippen molar-refractivity contribution in [3.8, 4) is 5.75 Å². The van der Waals surface area contributed by atoms with Crippen molar-refractivity contribution in [3.05, 3.63) is 29.3 Å². The van der Waals surface area contributed by atoms with Crippen LogP contribution in [-0.2, 0) is 13.0 Å². The Labute approximate surface area is 116 Å². The van der Waals surface area contributed by atoms with Gasteiger partial charge in [0.25, 0.3) is 0 Å². The first-order valence-electron chi connectivity index (χ1n) is 7.62. The fourth-order valence-corrected chi connectivity index (χ4v) is 3.21. The van der Waals surface area contributed by atoms with Gasteiger partial charge in [-0.05, 0) is 67.3 Å². The van der Waals surface area contributed by atoms with Crippen molar-refractivity contribution in [2.24, 2.45) is 5.41 Å². The van der Waals surface area contributed by atoms with Crippen molar-refractivity contribution >= 4 is 0 Å². The number of hydrogen-bond acceptors (Lipinski definition) is 2. The average molecular weight is 259 g/mol. The number of fused-ring (bicyclic) bond motifs is 1. The Balaban J connectivity index is 1.64. The second kappa shape index (κ2) is 5.16. The molecule has 1 aromatic rings. The van der Waals surface area contributed by atoms with Crippen LogP contribution in [-0.4, -0.2) is 12.6 Å². The van der Waals surface area contributed by atoms with Crippen LogP contribution in [0, 0.1) is 5.41 Å². The lowest BCUT2D eigenvalue weighted by Crippen LogP contribution is -2.28. The van der Waals surface area contributed by atoms with E-state index in [1.807, 2.05) is 0 Å². The summed E-state index contributed by atoms with van der Waals surface area (Å²) in [5.41, 5.74) is 3.41. The third kappa shape index (κ3) is 3.11. The molecule has 0 aromatic heterocycles. The maximum Gasteiger partial charge on any atom is 0.120 e. The van der Waals surface area contributed by atoms with E-state index in [4.69, 9.17) is 4.74 Å². The number of hydrogen-bond donors (Lipinski definition) is 1. The van der Waals surface area contributed by atoms with E-state index >= 15 is 0 Å². The third-order valence-corrected chi connectivity index (χ3v) is 4.65.